The minimum atomic E-state index is 0.00797. The highest BCUT2D eigenvalue weighted by molar-refractivity contribution is 5.40. The van der Waals surface area contributed by atoms with E-state index in [1.807, 2.05) is 6.92 Å². The topological polar surface area (TPSA) is 9.23 Å². The maximum Gasteiger partial charge on any atom is 0.119 e. The molecule has 0 amide bonds. The van der Waals surface area contributed by atoms with E-state index in [1.54, 1.807) is 0 Å². The van der Waals surface area contributed by atoms with Crippen molar-refractivity contribution in [3.63, 3.8) is 0 Å². The molecule has 0 aliphatic carbocycles. The normalized spacial score (nSPS) is 11.5. The predicted molar refractivity (Wildman–Crippen MR) is 94.8 cm³/mol. The van der Waals surface area contributed by atoms with Crippen LogP contribution >= 0.6 is 0 Å². The van der Waals surface area contributed by atoms with Gasteiger partial charge in [0.2, 0.25) is 0 Å². The molecule has 2 aromatic rings. The molecule has 2 aromatic carbocycles. The molecule has 0 aliphatic heterocycles. The largest absolute Gasteiger partial charge is 0.494 e. The molecule has 0 unspecified atom stereocenters. The number of aryl methyl sites for hydroxylation is 1. The second-order valence-corrected chi connectivity index (χ2v) is 6.38. The van der Waals surface area contributed by atoms with Gasteiger partial charge in [-0.25, -0.2) is 0 Å². The van der Waals surface area contributed by atoms with Gasteiger partial charge in [0.1, 0.15) is 5.75 Å². The third-order valence-corrected chi connectivity index (χ3v) is 4.38. The van der Waals surface area contributed by atoms with Gasteiger partial charge in [-0.2, -0.15) is 0 Å². The highest BCUT2D eigenvalue weighted by Gasteiger charge is 2.22. The zero-order valence-corrected chi connectivity index (χ0v) is 14.4. The van der Waals surface area contributed by atoms with E-state index in [4.69, 9.17) is 4.74 Å². The summed E-state index contributed by atoms with van der Waals surface area (Å²) in [6, 6.07) is 17.6. The van der Waals surface area contributed by atoms with E-state index in [-0.39, 0.29) is 5.41 Å². The fraction of sp³-hybridized carbons (Fsp3) is 0.429. The van der Waals surface area contributed by atoms with Crippen molar-refractivity contribution in [3.05, 3.63) is 65.2 Å². The van der Waals surface area contributed by atoms with E-state index in [2.05, 4.69) is 69.3 Å². The highest BCUT2D eigenvalue weighted by atomic mass is 16.5. The molecule has 0 aliphatic rings. The van der Waals surface area contributed by atoms with Crippen LogP contribution in [0.5, 0.6) is 5.75 Å². The molecule has 0 N–H and O–H groups in total. The standard InChI is InChI=1S/C21H28O/c1-5-7-8-17-9-11-18(12-10-17)21(3,4)19-13-15-20(16-14-19)22-6-2/h9-16H,5-8H2,1-4H3. The van der Waals surface area contributed by atoms with Crippen LogP contribution < -0.4 is 4.74 Å². The minimum Gasteiger partial charge on any atom is -0.494 e. The van der Waals surface area contributed by atoms with Gasteiger partial charge in [-0.05, 0) is 48.6 Å². The molecule has 0 radical (unpaired) electrons. The number of hydrogen-bond acceptors (Lipinski definition) is 1. The third kappa shape index (κ3) is 3.91. The molecule has 0 atom stereocenters. The zero-order chi connectivity index (χ0) is 16.0. The van der Waals surface area contributed by atoms with Crippen LogP contribution in [0.3, 0.4) is 0 Å². The van der Waals surface area contributed by atoms with Gasteiger partial charge >= 0.3 is 0 Å². The molecular formula is C21H28O. The van der Waals surface area contributed by atoms with E-state index >= 15 is 0 Å². The first kappa shape index (κ1) is 16.6. The van der Waals surface area contributed by atoms with Crippen molar-refractivity contribution in [3.8, 4) is 5.75 Å². The molecule has 0 fully saturated rings. The summed E-state index contributed by atoms with van der Waals surface area (Å²) in [7, 11) is 0. The lowest BCUT2D eigenvalue weighted by molar-refractivity contribution is 0.340. The Bertz CT molecular complexity index is 564. The number of benzene rings is 2. The lowest BCUT2D eigenvalue weighted by atomic mass is 9.78. The molecule has 2 rings (SSSR count). The van der Waals surface area contributed by atoms with Crippen molar-refractivity contribution in [1.82, 2.24) is 0 Å². The number of ether oxygens (including phenoxy) is 1. The van der Waals surface area contributed by atoms with Gasteiger partial charge < -0.3 is 4.74 Å². The van der Waals surface area contributed by atoms with Crippen LogP contribution in [0, 0.1) is 0 Å². The van der Waals surface area contributed by atoms with E-state index in [9.17, 15) is 0 Å². The molecule has 22 heavy (non-hydrogen) atoms. The Hall–Kier alpha value is -1.76. The van der Waals surface area contributed by atoms with Crippen molar-refractivity contribution in [1.29, 1.82) is 0 Å². The van der Waals surface area contributed by atoms with Gasteiger partial charge in [-0.15, -0.1) is 0 Å². The van der Waals surface area contributed by atoms with Gasteiger partial charge in [0, 0.05) is 5.41 Å². The van der Waals surface area contributed by atoms with Crippen LogP contribution in [-0.4, -0.2) is 6.61 Å². The van der Waals surface area contributed by atoms with E-state index in [0.717, 1.165) is 5.75 Å². The average molecular weight is 296 g/mol. The molecule has 0 aromatic heterocycles. The predicted octanol–water partition coefficient (Wildman–Crippen LogP) is 5.75. The first-order chi connectivity index (χ1) is 10.6. The number of unbranched alkanes of at least 4 members (excludes halogenated alkanes) is 1. The summed E-state index contributed by atoms with van der Waals surface area (Å²) in [6.45, 7) is 9.52. The van der Waals surface area contributed by atoms with Gasteiger partial charge in [-0.1, -0.05) is 63.6 Å². The number of rotatable bonds is 7. The van der Waals surface area contributed by atoms with Crippen LogP contribution in [0.25, 0.3) is 0 Å². The maximum absolute atomic E-state index is 5.53. The molecule has 0 spiro atoms. The Morgan fingerprint density at radius 3 is 1.86 bits per heavy atom. The van der Waals surface area contributed by atoms with Crippen molar-refractivity contribution < 1.29 is 4.74 Å². The van der Waals surface area contributed by atoms with Crippen molar-refractivity contribution in [2.24, 2.45) is 0 Å². The SMILES string of the molecule is CCCCc1ccc(C(C)(C)c2ccc(OCC)cc2)cc1. The van der Waals surface area contributed by atoms with Crippen LogP contribution in [0.15, 0.2) is 48.5 Å². The van der Waals surface area contributed by atoms with Crippen molar-refractivity contribution in [2.75, 3.05) is 6.61 Å². The first-order valence-corrected chi connectivity index (χ1v) is 8.40. The zero-order valence-electron chi connectivity index (χ0n) is 14.4. The van der Waals surface area contributed by atoms with E-state index in [1.165, 1.54) is 36.0 Å². The summed E-state index contributed by atoms with van der Waals surface area (Å²) in [6.07, 6.45) is 3.70. The Morgan fingerprint density at radius 2 is 1.36 bits per heavy atom. The summed E-state index contributed by atoms with van der Waals surface area (Å²) in [5.74, 6) is 0.942. The van der Waals surface area contributed by atoms with Crippen LogP contribution in [0.1, 0.15) is 57.2 Å². The van der Waals surface area contributed by atoms with E-state index in [0.29, 0.717) is 6.61 Å². The molecular weight excluding hydrogens is 268 g/mol. The molecule has 0 saturated carbocycles. The monoisotopic (exact) mass is 296 g/mol. The lowest BCUT2D eigenvalue weighted by Crippen LogP contribution is -2.18. The second-order valence-electron chi connectivity index (χ2n) is 6.38. The average Bonchev–Trinajstić information content (AvgIpc) is 2.54. The molecule has 0 heterocycles. The Balaban J connectivity index is 2.17. The molecule has 1 nitrogen and oxygen atoms in total. The Kier molecular flexibility index (Phi) is 5.65. The van der Waals surface area contributed by atoms with Crippen LogP contribution in [0.4, 0.5) is 0 Å². The maximum atomic E-state index is 5.53. The summed E-state index contributed by atoms with van der Waals surface area (Å²) in [5.41, 5.74) is 4.12. The fourth-order valence-electron chi connectivity index (χ4n) is 2.77. The minimum absolute atomic E-state index is 0.00797. The Labute approximate surface area is 135 Å². The van der Waals surface area contributed by atoms with Gasteiger partial charge in [-0.3, -0.25) is 0 Å². The molecule has 0 bridgehead atoms. The smallest absolute Gasteiger partial charge is 0.119 e. The fourth-order valence-corrected chi connectivity index (χ4v) is 2.77. The van der Waals surface area contributed by atoms with E-state index < -0.39 is 0 Å². The highest BCUT2D eigenvalue weighted by Crippen LogP contribution is 2.32. The van der Waals surface area contributed by atoms with Gasteiger partial charge in [0.25, 0.3) is 0 Å². The lowest BCUT2D eigenvalue weighted by Gasteiger charge is -2.26. The number of hydrogen-bond donors (Lipinski definition) is 0. The second kappa shape index (κ2) is 7.49. The molecule has 1 heteroatoms. The van der Waals surface area contributed by atoms with Crippen LogP contribution in [-0.2, 0) is 11.8 Å². The first-order valence-electron chi connectivity index (χ1n) is 8.40. The summed E-state index contributed by atoms with van der Waals surface area (Å²) < 4.78 is 5.53. The Morgan fingerprint density at radius 1 is 0.818 bits per heavy atom. The molecule has 0 saturated heterocycles. The third-order valence-electron chi connectivity index (χ3n) is 4.38. The van der Waals surface area contributed by atoms with Gasteiger partial charge in [0.15, 0.2) is 0 Å². The summed E-state index contributed by atoms with van der Waals surface area (Å²) in [5, 5.41) is 0. The summed E-state index contributed by atoms with van der Waals surface area (Å²) >= 11 is 0. The van der Waals surface area contributed by atoms with Crippen molar-refractivity contribution >= 4 is 0 Å². The van der Waals surface area contributed by atoms with Crippen molar-refractivity contribution in [2.45, 2.75) is 52.4 Å². The summed E-state index contributed by atoms with van der Waals surface area (Å²) in [4.78, 5) is 0. The molecule has 118 valence electrons. The quantitative estimate of drug-likeness (QED) is 0.631. The van der Waals surface area contributed by atoms with Crippen LogP contribution in [0.2, 0.25) is 0 Å². The van der Waals surface area contributed by atoms with Gasteiger partial charge in [0.05, 0.1) is 6.61 Å².